The third kappa shape index (κ3) is 3.95. The van der Waals surface area contributed by atoms with E-state index in [-0.39, 0.29) is 12.1 Å². The first-order chi connectivity index (χ1) is 13.6. The minimum absolute atomic E-state index is 0.0515. The molecule has 1 fully saturated rings. The molecule has 2 aromatic rings. The normalized spacial score (nSPS) is 18.9. The van der Waals surface area contributed by atoms with E-state index >= 15 is 0 Å². The van der Waals surface area contributed by atoms with Gasteiger partial charge in [-0.2, -0.15) is 5.10 Å². The van der Waals surface area contributed by atoms with Crippen molar-refractivity contribution >= 4 is 23.9 Å². The molecule has 8 heteroatoms. The molecule has 0 unspecified atom stereocenters. The molecule has 2 amide bonds. The molecule has 8 nitrogen and oxygen atoms in total. The third-order valence-electron chi connectivity index (χ3n) is 4.84. The SMILES string of the molecule is Cc1cc(C2=CC=CN3CC[C@@H](C3)N(C(=O)Nc3ccn(C)n3)C=N2)ccn1. The average molecular weight is 377 g/mol. The zero-order valence-corrected chi connectivity index (χ0v) is 16.0. The van der Waals surface area contributed by atoms with Gasteiger partial charge in [0.2, 0.25) is 0 Å². The van der Waals surface area contributed by atoms with Crippen molar-refractivity contribution in [3.63, 3.8) is 0 Å². The van der Waals surface area contributed by atoms with Crippen LogP contribution >= 0.6 is 0 Å². The highest BCUT2D eigenvalue weighted by Gasteiger charge is 2.29. The number of aliphatic imine (C=N–C) groups is 1. The van der Waals surface area contributed by atoms with Gasteiger partial charge < -0.3 is 4.90 Å². The summed E-state index contributed by atoms with van der Waals surface area (Å²) in [6.07, 6.45) is 12.1. The van der Waals surface area contributed by atoms with Gasteiger partial charge in [-0.05, 0) is 43.8 Å². The molecule has 2 aliphatic heterocycles. The summed E-state index contributed by atoms with van der Waals surface area (Å²) in [6.45, 7) is 3.62. The van der Waals surface area contributed by atoms with E-state index in [1.807, 2.05) is 38.3 Å². The predicted octanol–water partition coefficient (Wildman–Crippen LogP) is 2.63. The van der Waals surface area contributed by atoms with Crippen molar-refractivity contribution in [1.82, 2.24) is 24.6 Å². The maximum Gasteiger partial charge on any atom is 0.328 e. The molecule has 28 heavy (non-hydrogen) atoms. The second-order valence-corrected chi connectivity index (χ2v) is 6.97. The molecule has 4 rings (SSSR count). The number of carbonyl (C=O) groups is 1. The highest BCUT2D eigenvalue weighted by Crippen LogP contribution is 2.21. The van der Waals surface area contributed by atoms with Crippen molar-refractivity contribution in [3.05, 3.63) is 60.2 Å². The fourth-order valence-electron chi connectivity index (χ4n) is 3.40. The van der Waals surface area contributed by atoms with Crippen molar-refractivity contribution < 1.29 is 4.79 Å². The van der Waals surface area contributed by atoms with Crippen molar-refractivity contribution in [1.29, 1.82) is 0 Å². The number of carbonyl (C=O) groups excluding carboxylic acids is 1. The molecular weight excluding hydrogens is 354 g/mol. The second kappa shape index (κ2) is 7.67. The number of urea groups is 1. The third-order valence-corrected chi connectivity index (χ3v) is 4.84. The molecule has 0 saturated carbocycles. The van der Waals surface area contributed by atoms with Gasteiger partial charge in [0.25, 0.3) is 0 Å². The predicted molar refractivity (Wildman–Crippen MR) is 109 cm³/mol. The highest BCUT2D eigenvalue weighted by molar-refractivity contribution is 5.97. The zero-order chi connectivity index (χ0) is 19.5. The molecule has 1 saturated heterocycles. The van der Waals surface area contributed by atoms with Gasteiger partial charge in [0.1, 0.15) is 0 Å². The Labute approximate surface area is 163 Å². The molecule has 0 aromatic carbocycles. The molecule has 2 aliphatic rings. The van der Waals surface area contributed by atoms with Gasteiger partial charge in [0.05, 0.1) is 18.1 Å². The lowest BCUT2D eigenvalue weighted by Gasteiger charge is -2.25. The molecule has 2 bridgehead atoms. The summed E-state index contributed by atoms with van der Waals surface area (Å²) in [4.78, 5) is 25.7. The first-order valence-electron chi connectivity index (χ1n) is 9.27. The van der Waals surface area contributed by atoms with Crippen LogP contribution in [-0.2, 0) is 7.05 Å². The summed E-state index contributed by atoms with van der Waals surface area (Å²) in [5.41, 5.74) is 2.66. The maximum absolute atomic E-state index is 12.9. The number of aryl methyl sites for hydroxylation is 2. The van der Waals surface area contributed by atoms with Gasteiger partial charge in [-0.25, -0.2) is 9.79 Å². The first kappa shape index (κ1) is 18.0. The van der Waals surface area contributed by atoms with Gasteiger partial charge in [-0.15, -0.1) is 0 Å². The molecule has 0 radical (unpaired) electrons. The number of nitrogens with zero attached hydrogens (tertiary/aromatic N) is 6. The first-order valence-corrected chi connectivity index (χ1v) is 9.27. The van der Waals surface area contributed by atoms with E-state index in [1.165, 1.54) is 0 Å². The van der Waals surface area contributed by atoms with Crippen molar-refractivity contribution in [2.24, 2.45) is 12.0 Å². The Balaban J connectivity index is 1.64. The van der Waals surface area contributed by atoms with Crippen molar-refractivity contribution in [3.8, 4) is 0 Å². The number of nitrogens with one attached hydrogen (secondary N) is 1. The Hall–Kier alpha value is -3.42. The van der Waals surface area contributed by atoms with Crippen molar-refractivity contribution in [2.75, 3.05) is 18.4 Å². The van der Waals surface area contributed by atoms with Gasteiger partial charge >= 0.3 is 6.03 Å². The molecule has 144 valence electrons. The number of anilines is 1. The zero-order valence-electron chi connectivity index (χ0n) is 16.0. The van der Waals surface area contributed by atoms with E-state index in [2.05, 4.69) is 31.5 Å². The summed E-state index contributed by atoms with van der Waals surface area (Å²) >= 11 is 0. The quantitative estimate of drug-likeness (QED) is 0.873. The van der Waals surface area contributed by atoms with Crippen LogP contribution in [0.4, 0.5) is 10.6 Å². The molecule has 2 aromatic heterocycles. The monoisotopic (exact) mass is 377 g/mol. The molecular formula is C20H23N7O. The smallest absolute Gasteiger partial charge is 0.328 e. The van der Waals surface area contributed by atoms with Crippen LogP contribution in [0.15, 0.2) is 53.9 Å². The maximum atomic E-state index is 12.9. The largest absolute Gasteiger partial charge is 0.375 e. The molecule has 1 atom stereocenters. The number of hydrogen-bond donors (Lipinski definition) is 1. The summed E-state index contributed by atoms with van der Waals surface area (Å²) in [6, 6.07) is 5.49. The van der Waals surface area contributed by atoms with E-state index < -0.39 is 0 Å². The Morgan fingerprint density at radius 1 is 1.32 bits per heavy atom. The van der Waals surface area contributed by atoms with E-state index in [9.17, 15) is 4.79 Å². The molecule has 4 heterocycles. The standard InChI is InChI=1S/C20H23N7O/c1-15-12-16(5-8-21-15)18-4-3-9-26-11-6-17(13-26)27(14-22-18)20(28)23-19-7-10-25(2)24-19/h3-5,7-10,12,14,17H,6,11,13H2,1-2H3,(H,23,24,28)/t17-/m0/s1. The van der Waals surface area contributed by atoms with Crippen LogP contribution in [0.25, 0.3) is 5.70 Å². The van der Waals surface area contributed by atoms with E-state index in [0.717, 1.165) is 36.5 Å². The van der Waals surface area contributed by atoms with Crippen LogP contribution in [0.1, 0.15) is 17.7 Å². The average Bonchev–Trinajstić information content (AvgIpc) is 3.29. The number of amides is 2. The summed E-state index contributed by atoms with van der Waals surface area (Å²) in [5.74, 6) is 0.522. The van der Waals surface area contributed by atoms with E-state index in [1.54, 1.807) is 34.4 Å². The fraction of sp³-hybridized carbons (Fsp3) is 0.300. The van der Waals surface area contributed by atoms with Gasteiger partial charge in [0, 0.05) is 49.9 Å². The summed E-state index contributed by atoms with van der Waals surface area (Å²) in [7, 11) is 1.82. The van der Waals surface area contributed by atoms with Crippen molar-refractivity contribution in [2.45, 2.75) is 19.4 Å². The lowest BCUT2D eigenvalue weighted by atomic mass is 10.1. The number of allylic oxidation sites excluding steroid dienone is 2. The molecule has 1 N–H and O–H groups in total. The van der Waals surface area contributed by atoms with Gasteiger partial charge in [-0.3, -0.25) is 19.9 Å². The summed E-state index contributed by atoms with van der Waals surface area (Å²) in [5, 5.41) is 7.09. The Morgan fingerprint density at radius 2 is 2.21 bits per heavy atom. The Kier molecular flexibility index (Phi) is 4.92. The van der Waals surface area contributed by atoms with E-state index in [0.29, 0.717) is 5.82 Å². The number of aromatic nitrogens is 3. The van der Waals surface area contributed by atoms with Crippen LogP contribution in [0.3, 0.4) is 0 Å². The number of pyridine rings is 1. The van der Waals surface area contributed by atoms with Crippen LogP contribution in [-0.4, -0.2) is 56.1 Å². The molecule has 0 aliphatic carbocycles. The van der Waals surface area contributed by atoms with Crippen LogP contribution in [0.2, 0.25) is 0 Å². The van der Waals surface area contributed by atoms with Gasteiger partial charge in [-0.1, -0.05) is 0 Å². The fourth-order valence-corrected chi connectivity index (χ4v) is 3.40. The van der Waals surface area contributed by atoms with Crippen LogP contribution in [0.5, 0.6) is 0 Å². The number of rotatable bonds is 2. The topological polar surface area (TPSA) is 78.6 Å². The Bertz CT molecular complexity index is 959. The lowest BCUT2D eigenvalue weighted by molar-refractivity contribution is 0.223. The Morgan fingerprint density at radius 3 is 3.00 bits per heavy atom. The minimum Gasteiger partial charge on any atom is -0.375 e. The van der Waals surface area contributed by atoms with Gasteiger partial charge in [0.15, 0.2) is 5.82 Å². The number of hydrogen-bond acceptors (Lipinski definition) is 5. The van der Waals surface area contributed by atoms with Crippen LogP contribution in [0, 0.1) is 6.92 Å². The minimum atomic E-state index is -0.232. The molecule has 0 spiro atoms. The van der Waals surface area contributed by atoms with Crippen LogP contribution < -0.4 is 5.32 Å². The second-order valence-electron chi connectivity index (χ2n) is 6.97. The summed E-state index contributed by atoms with van der Waals surface area (Å²) < 4.78 is 1.65. The lowest BCUT2D eigenvalue weighted by Crippen LogP contribution is -2.43. The number of fused-ring (bicyclic) bond motifs is 2. The van der Waals surface area contributed by atoms with E-state index in [4.69, 9.17) is 0 Å². The highest BCUT2D eigenvalue weighted by atomic mass is 16.2.